The molecule has 0 saturated heterocycles. The van der Waals surface area contributed by atoms with Gasteiger partial charge in [-0.05, 0) is 34.1 Å². The number of nitrogens with one attached hydrogen (secondary N) is 1. The zero-order chi connectivity index (χ0) is 16.6. The molecule has 1 amide bonds. The van der Waals surface area contributed by atoms with Crippen LogP contribution in [-0.4, -0.2) is 18.0 Å². The molecule has 0 fully saturated rings. The summed E-state index contributed by atoms with van der Waals surface area (Å²) >= 11 is 2.63. The highest BCUT2D eigenvalue weighted by molar-refractivity contribution is 9.10. The molecule has 0 bridgehead atoms. The van der Waals surface area contributed by atoms with Gasteiger partial charge < -0.3 is 5.32 Å². The SMILES string of the molecule is O=C(Nc1cc(C(F)(F)F)ccc1Br)C(F)(F)C(F)(F)F. The Labute approximate surface area is 120 Å². The van der Waals surface area contributed by atoms with Gasteiger partial charge in [0, 0.05) is 4.47 Å². The lowest BCUT2D eigenvalue weighted by Gasteiger charge is -2.19. The van der Waals surface area contributed by atoms with Crippen LogP contribution in [0, 0.1) is 0 Å². The predicted molar refractivity (Wildman–Crippen MR) is 58.8 cm³/mol. The Morgan fingerprint density at radius 1 is 1.00 bits per heavy atom. The monoisotopic (exact) mass is 385 g/mol. The molecule has 118 valence electrons. The van der Waals surface area contributed by atoms with Crippen LogP contribution in [0.3, 0.4) is 0 Å². The van der Waals surface area contributed by atoms with Crippen LogP contribution in [0.4, 0.5) is 40.8 Å². The van der Waals surface area contributed by atoms with Crippen LogP contribution in [0.25, 0.3) is 0 Å². The van der Waals surface area contributed by atoms with Crippen molar-refractivity contribution < 1.29 is 39.9 Å². The van der Waals surface area contributed by atoms with Crippen LogP contribution in [-0.2, 0) is 11.0 Å². The number of anilines is 1. The first kappa shape index (κ1) is 17.7. The highest BCUT2D eigenvalue weighted by Gasteiger charge is 2.63. The number of carbonyl (C=O) groups excluding carboxylic acids is 1. The molecule has 2 nitrogen and oxygen atoms in total. The molecule has 0 saturated carbocycles. The van der Waals surface area contributed by atoms with E-state index in [-0.39, 0.29) is 10.5 Å². The third-order valence-corrected chi connectivity index (χ3v) is 2.87. The predicted octanol–water partition coefficient (Wildman–Crippen LogP) is 4.60. The maximum absolute atomic E-state index is 12.7. The van der Waals surface area contributed by atoms with Crippen molar-refractivity contribution >= 4 is 27.5 Å². The molecule has 11 heteroatoms. The van der Waals surface area contributed by atoms with Gasteiger partial charge in [0.25, 0.3) is 0 Å². The second-order valence-electron chi connectivity index (χ2n) is 3.72. The first-order chi connectivity index (χ1) is 9.26. The second kappa shape index (κ2) is 5.43. The normalized spacial score (nSPS) is 13.2. The summed E-state index contributed by atoms with van der Waals surface area (Å²) in [7, 11) is 0. The topological polar surface area (TPSA) is 29.1 Å². The summed E-state index contributed by atoms with van der Waals surface area (Å²) in [6.45, 7) is 0. The molecular formula is C10H4BrF8NO. The number of carbonyl (C=O) groups is 1. The van der Waals surface area contributed by atoms with Crippen molar-refractivity contribution in [2.45, 2.75) is 18.3 Å². The van der Waals surface area contributed by atoms with Crippen molar-refractivity contribution in [2.24, 2.45) is 0 Å². The molecule has 0 heterocycles. The average molecular weight is 386 g/mol. The van der Waals surface area contributed by atoms with E-state index in [2.05, 4.69) is 15.9 Å². The minimum Gasteiger partial charge on any atom is -0.319 e. The van der Waals surface area contributed by atoms with E-state index in [1.54, 1.807) is 0 Å². The van der Waals surface area contributed by atoms with Gasteiger partial charge in [-0.2, -0.15) is 35.1 Å². The lowest BCUT2D eigenvalue weighted by atomic mass is 10.2. The summed E-state index contributed by atoms with van der Waals surface area (Å²) in [5.74, 6) is -8.52. The molecule has 1 rings (SSSR count). The summed E-state index contributed by atoms with van der Waals surface area (Å²) in [6.07, 6.45) is -11.0. The molecule has 1 aromatic rings. The summed E-state index contributed by atoms with van der Waals surface area (Å²) in [6, 6.07) is 1.54. The summed E-state index contributed by atoms with van der Waals surface area (Å²) < 4.78 is 98.2. The fourth-order valence-electron chi connectivity index (χ4n) is 1.13. The minimum absolute atomic E-state index is 0.231. The summed E-state index contributed by atoms with van der Waals surface area (Å²) in [5, 5.41) is 1.11. The third kappa shape index (κ3) is 3.83. The molecule has 0 aromatic heterocycles. The largest absolute Gasteiger partial charge is 0.463 e. The van der Waals surface area contributed by atoms with Gasteiger partial charge in [-0.25, -0.2) is 0 Å². The number of alkyl halides is 8. The summed E-state index contributed by atoms with van der Waals surface area (Å²) in [4.78, 5) is 10.9. The van der Waals surface area contributed by atoms with Gasteiger partial charge >= 0.3 is 24.2 Å². The van der Waals surface area contributed by atoms with E-state index in [0.29, 0.717) is 6.07 Å². The zero-order valence-electron chi connectivity index (χ0n) is 9.54. The Morgan fingerprint density at radius 2 is 1.52 bits per heavy atom. The molecule has 1 aromatic carbocycles. The molecule has 0 aliphatic heterocycles. The highest BCUT2D eigenvalue weighted by atomic mass is 79.9. The minimum atomic E-state index is -6.16. The van der Waals surface area contributed by atoms with Gasteiger partial charge in [-0.3, -0.25) is 4.79 Å². The molecular weight excluding hydrogens is 382 g/mol. The molecule has 1 N–H and O–H groups in total. The Hall–Kier alpha value is -1.39. The number of rotatable bonds is 2. The molecule has 21 heavy (non-hydrogen) atoms. The van der Waals surface area contributed by atoms with Crippen LogP contribution < -0.4 is 5.32 Å². The van der Waals surface area contributed by atoms with Crippen LogP contribution >= 0.6 is 15.9 Å². The number of benzene rings is 1. The number of hydrogen-bond acceptors (Lipinski definition) is 1. The molecule has 0 unspecified atom stereocenters. The van der Waals surface area contributed by atoms with Crippen molar-refractivity contribution in [3.8, 4) is 0 Å². The van der Waals surface area contributed by atoms with Gasteiger partial charge in [-0.1, -0.05) is 0 Å². The molecule has 0 radical (unpaired) electrons. The number of amides is 1. The van der Waals surface area contributed by atoms with Crippen LogP contribution in [0.2, 0.25) is 0 Å². The van der Waals surface area contributed by atoms with Crippen LogP contribution in [0.1, 0.15) is 5.56 Å². The van der Waals surface area contributed by atoms with Crippen molar-refractivity contribution in [2.75, 3.05) is 5.32 Å². The lowest BCUT2D eigenvalue weighted by molar-refractivity contribution is -0.267. The standard InChI is InChI=1S/C10H4BrF8NO/c11-5-2-1-4(9(14,15)16)3-6(5)20-7(21)8(12,13)10(17,18)19/h1-3H,(H,20,21). The number of hydrogen-bond donors (Lipinski definition) is 1. The van der Waals surface area contributed by atoms with E-state index < -0.39 is 35.4 Å². The first-order valence-electron chi connectivity index (χ1n) is 4.89. The van der Waals surface area contributed by atoms with E-state index in [9.17, 15) is 39.9 Å². The zero-order valence-corrected chi connectivity index (χ0v) is 11.1. The quantitative estimate of drug-likeness (QED) is 0.740. The van der Waals surface area contributed by atoms with Gasteiger partial charge in [0.15, 0.2) is 0 Å². The highest BCUT2D eigenvalue weighted by Crippen LogP contribution is 2.38. The Morgan fingerprint density at radius 3 is 1.95 bits per heavy atom. The Kier molecular flexibility index (Phi) is 4.56. The van der Waals surface area contributed by atoms with Crippen LogP contribution in [0.5, 0.6) is 0 Å². The van der Waals surface area contributed by atoms with Crippen LogP contribution in [0.15, 0.2) is 22.7 Å². The molecule has 0 spiro atoms. The van der Waals surface area contributed by atoms with Gasteiger partial charge in [0.05, 0.1) is 11.3 Å². The van der Waals surface area contributed by atoms with Crippen molar-refractivity contribution in [3.63, 3.8) is 0 Å². The van der Waals surface area contributed by atoms with Gasteiger partial charge in [-0.15, -0.1) is 0 Å². The van der Waals surface area contributed by atoms with E-state index in [0.717, 1.165) is 11.4 Å². The average Bonchev–Trinajstić information content (AvgIpc) is 2.28. The molecule has 0 aliphatic carbocycles. The fraction of sp³-hybridized carbons (Fsp3) is 0.300. The fourth-order valence-corrected chi connectivity index (χ4v) is 1.47. The van der Waals surface area contributed by atoms with Gasteiger partial charge in [0.2, 0.25) is 0 Å². The molecule has 0 aliphatic rings. The third-order valence-electron chi connectivity index (χ3n) is 2.18. The smallest absolute Gasteiger partial charge is 0.319 e. The van der Waals surface area contributed by atoms with Crippen molar-refractivity contribution in [3.05, 3.63) is 28.2 Å². The molecule has 0 atom stereocenters. The first-order valence-corrected chi connectivity index (χ1v) is 5.69. The lowest BCUT2D eigenvalue weighted by Crippen LogP contribution is -2.47. The van der Waals surface area contributed by atoms with Gasteiger partial charge in [0.1, 0.15) is 0 Å². The maximum atomic E-state index is 12.7. The van der Waals surface area contributed by atoms with E-state index >= 15 is 0 Å². The summed E-state index contributed by atoms with van der Waals surface area (Å²) in [5.41, 5.74) is -2.19. The Bertz CT molecular complexity index is 551. The van der Waals surface area contributed by atoms with E-state index in [1.807, 2.05) is 0 Å². The van der Waals surface area contributed by atoms with Crippen molar-refractivity contribution in [1.29, 1.82) is 0 Å². The Balaban J connectivity index is 3.12. The van der Waals surface area contributed by atoms with E-state index in [4.69, 9.17) is 0 Å². The van der Waals surface area contributed by atoms with Crippen molar-refractivity contribution in [1.82, 2.24) is 0 Å². The van der Waals surface area contributed by atoms with E-state index in [1.165, 1.54) is 0 Å². The second-order valence-corrected chi connectivity index (χ2v) is 4.57. The maximum Gasteiger partial charge on any atom is 0.463 e. The number of halogens is 9.